The van der Waals surface area contributed by atoms with Crippen molar-refractivity contribution < 1.29 is 13.3 Å². The van der Waals surface area contributed by atoms with Gasteiger partial charge in [-0.3, -0.25) is 20.0 Å². The number of benzene rings is 1. The highest BCUT2D eigenvalue weighted by Gasteiger charge is 2.31. The SMILES string of the molecule is CC1CCN(S(=O)(=O)c2ccc(N3CCN(Cc4cccnc4)CC3)c([N+](=O)[O-])c2)CC1. The molecule has 1 aromatic heterocycles. The molecule has 0 N–H and O–H groups in total. The molecule has 32 heavy (non-hydrogen) atoms. The number of hydrogen-bond donors (Lipinski definition) is 0. The van der Waals surface area contributed by atoms with Gasteiger partial charge < -0.3 is 4.90 Å². The lowest BCUT2D eigenvalue weighted by molar-refractivity contribution is -0.384. The number of aromatic nitrogens is 1. The van der Waals surface area contributed by atoms with Gasteiger partial charge in [0.25, 0.3) is 5.69 Å². The molecule has 0 amide bonds. The number of hydrogen-bond acceptors (Lipinski definition) is 7. The number of pyridine rings is 1. The Morgan fingerprint density at radius 1 is 1.09 bits per heavy atom. The van der Waals surface area contributed by atoms with Crippen LogP contribution in [-0.2, 0) is 16.6 Å². The summed E-state index contributed by atoms with van der Waals surface area (Å²) in [6.07, 6.45) is 5.21. The van der Waals surface area contributed by atoms with Crippen LogP contribution in [0.5, 0.6) is 0 Å². The quantitative estimate of drug-likeness (QED) is 0.484. The van der Waals surface area contributed by atoms with Crippen LogP contribution < -0.4 is 4.90 Å². The smallest absolute Gasteiger partial charge is 0.293 e. The fourth-order valence-electron chi connectivity index (χ4n) is 4.35. The third-order valence-corrected chi connectivity index (χ3v) is 8.26. The molecule has 2 aliphatic heterocycles. The van der Waals surface area contributed by atoms with Crippen LogP contribution in [0.1, 0.15) is 25.3 Å². The van der Waals surface area contributed by atoms with Gasteiger partial charge in [0, 0.05) is 64.3 Å². The van der Waals surface area contributed by atoms with Gasteiger partial charge in [-0.1, -0.05) is 13.0 Å². The minimum Gasteiger partial charge on any atom is -0.363 e. The van der Waals surface area contributed by atoms with E-state index in [2.05, 4.69) is 16.8 Å². The molecular formula is C22H29N5O4S. The highest BCUT2D eigenvalue weighted by atomic mass is 32.2. The van der Waals surface area contributed by atoms with E-state index in [1.54, 1.807) is 12.3 Å². The second-order valence-electron chi connectivity index (χ2n) is 8.62. The van der Waals surface area contributed by atoms with Crippen LogP contribution in [0, 0.1) is 16.0 Å². The fourth-order valence-corrected chi connectivity index (χ4v) is 5.84. The molecule has 172 valence electrons. The summed E-state index contributed by atoms with van der Waals surface area (Å²) in [5.41, 5.74) is 1.45. The van der Waals surface area contributed by atoms with E-state index in [-0.39, 0.29) is 10.6 Å². The van der Waals surface area contributed by atoms with Crippen LogP contribution in [0.3, 0.4) is 0 Å². The minimum absolute atomic E-state index is 0.00211. The second kappa shape index (κ2) is 9.51. The molecule has 0 unspecified atom stereocenters. The maximum atomic E-state index is 13.1. The number of nitro benzene ring substituents is 1. The van der Waals surface area contributed by atoms with Gasteiger partial charge in [0.1, 0.15) is 5.69 Å². The van der Waals surface area contributed by atoms with E-state index in [0.717, 1.165) is 38.0 Å². The lowest BCUT2D eigenvalue weighted by Gasteiger charge is -2.36. The van der Waals surface area contributed by atoms with Crippen molar-refractivity contribution in [3.8, 4) is 0 Å². The van der Waals surface area contributed by atoms with E-state index >= 15 is 0 Å². The Bertz CT molecular complexity index is 1050. The molecule has 0 bridgehead atoms. The van der Waals surface area contributed by atoms with E-state index in [4.69, 9.17) is 0 Å². The van der Waals surface area contributed by atoms with Gasteiger partial charge in [-0.25, -0.2) is 8.42 Å². The maximum Gasteiger partial charge on any atom is 0.293 e. The molecule has 0 atom stereocenters. The average molecular weight is 460 g/mol. The number of sulfonamides is 1. The molecular weight excluding hydrogens is 430 g/mol. The van der Waals surface area contributed by atoms with Crippen LogP contribution >= 0.6 is 0 Å². The molecule has 3 heterocycles. The van der Waals surface area contributed by atoms with Gasteiger partial charge in [-0.05, 0) is 42.5 Å². The first-order valence-electron chi connectivity index (χ1n) is 11.0. The normalized spacial score (nSPS) is 19.2. The largest absolute Gasteiger partial charge is 0.363 e. The van der Waals surface area contributed by atoms with Crippen LogP contribution in [0.15, 0.2) is 47.6 Å². The maximum absolute atomic E-state index is 13.1. The molecule has 0 saturated carbocycles. The van der Waals surface area contributed by atoms with Gasteiger partial charge >= 0.3 is 0 Å². The standard InChI is InChI=1S/C22H29N5O4S/c1-18-6-9-26(10-7-18)32(30,31)20-4-5-21(22(15-20)27(28)29)25-13-11-24(12-14-25)17-19-3-2-8-23-16-19/h2-5,8,15-16,18H,6-7,9-14,17H2,1H3. The molecule has 2 fully saturated rings. The summed E-state index contributed by atoms with van der Waals surface area (Å²) >= 11 is 0. The van der Waals surface area contributed by atoms with Crippen LogP contribution in [0.25, 0.3) is 0 Å². The highest BCUT2D eigenvalue weighted by molar-refractivity contribution is 7.89. The first kappa shape index (κ1) is 22.6. The molecule has 2 aromatic rings. The number of piperazine rings is 1. The van der Waals surface area contributed by atoms with Crippen molar-refractivity contribution in [2.24, 2.45) is 5.92 Å². The first-order chi connectivity index (χ1) is 15.3. The molecule has 4 rings (SSSR count). The molecule has 0 radical (unpaired) electrons. The van der Waals surface area contributed by atoms with E-state index in [0.29, 0.717) is 37.8 Å². The lowest BCUT2D eigenvalue weighted by Crippen LogP contribution is -2.46. The molecule has 1 aromatic carbocycles. The number of nitrogens with zero attached hydrogens (tertiary/aromatic N) is 5. The predicted octanol–water partition coefficient (Wildman–Crippen LogP) is 2.73. The Balaban J connectivity index is 1.48. The zero-order valence-electron chi connectivity index (χ0n) is 18.3. The van der Waals surface area contributed by atoms with Gasteiger partial charge in [0.15, 0.2) is 0 Å². The molecule has 0 aliphatic carbocycles. The summed E-state index contributed by atoms with van der Waals surface area (Å²) in [6, 6.07) is 8.28. The van der Waals surface area contributed by atoms with Crippen LogP contribution in [0.2, 0.25) is 0 Å². The summed E-state index contributed by atoms with van der Waals surface area (Å²) in [5, 5.41) is 11.8. The molecule has 10 heteroatoms. The number of anilines is 1. The molecule has 9 nitrogen and oxygen atoms in total. The van der Waals surface area contributed by atoms with Gasteiger partial charge in [0.2, 0.25) is 10.0 Å². The monoisotopic (exact) mass is 459 g/mol. The van der Waals surface area contributed by atoms with Crippen molar-refractivity contribution in [2.45, 2.75) is 31.2 Å². The molecule has 0 spiro atoms. The van der Waals surface area contributed by atoms with Crippen LogP contribution in [-0.4, -0.2) is 66.8 Å². The third-order valence-electron chi connectivity index (χ3n) is 6.37. The van der Waals surface area contributed by atoms with E-state index in [9.17, 15) is 18.5 Å². The number of rotatable bonds is 6. The Hall–Kier alpha value is -2.56. The second-order valence-corrected chi connectivity index (χ2v) is 10.6. The zero-order valence-corrected chi connectivity index (χ0v) is 19.1. The number of nitro groups is 1. The van der Waals surface area contributed by atoms with E-state index in [1.807, 2.05) is 23.2 Å². The summed E-state index contributed by atoms with van der Waals surface area (Å²) in [4.78, 5) is 19.7. The minimum atomic E-state index is -3.74. The summed E-state index contributed by atoms with van der Waals surface area (Å²) in [7, 11) is -3.74. The number of piperidine rings is 1. The van der Waals surface area contributed by atoms with E-state index in [1.165, 1.54) is 16.4 Å². The predicted molar refractivity (Wildman–Crippen MR) is 122 cm³/mol. The Kier molecular flexibility index (Phi) is 6.73. The van der Waals surface area contributed by atoms with Gasteiger partial charge in [-0.15, -0.1) is 0 Å². The van der Waals surface area contributed by atoms with Crippen molar-refractivity contribution in [2.75, 3.05) is 44.2 Å². The van der Waals surface area contributed by atoms with Gasteiger partial charge in [-0.2, -0.15) is 4.31 Å². The fraction of sp³-hybridized carbons (Fsp3) is 0.500. The highest BCUT2D eigenvalue weighted by Crippen LogP contribution is 2.33. The summed E-state index contributed by atoms with van der Waals surface area (Å²) in [6.45, 7) is 6.61. The first-order valence-corrected chi connectivity index (χ1v) is 12.4. The van der Waals surface area contributed by atoms with Crippen molar-refractivity contribution in [3.63, 3.8) is 0 Å². The van der Waals surface area contributed by atoms with Gasteiger partial charge in [0.05, 0.1) is 9.82 Å². The van der Waals surface area contributed by atoms with Crippen molar-refractivity contribution in [3.05, 3.63) is 58.4 Å². The van der Waals surface area contributed by atoms with Crippen molar-refractivity contribution in [1.29, 1.82) is 0 Å². The topological polar surface area (TPSA) is 99.9 Å². The van der Waals surface area contributed by atoms with Crippen molar-refractivity contribution in [1.82, 2.24) is 14.2 Å². The molecule has 2 aliphatic rings. The average Bonchev–Trinajstić information content (AvgIpc) is 2.80. The summed E-state index contributed by atoms with van der Waals surface area (Å²) in [5.74, 6) is 0.495. The lowest BCUT2D eigenvalue weighted by atomic mass is 10.0. The van der Waals surface area contributed by atoms with Crippen molar-refractivity contribution >= 4 is 21.4 Å². The zero-order chi connectivity index (χ0) is 22.7. The third kappa shape index (κ3) is 4.92. The van der Waals surface area contributed by atoms with Crippen LogP contribution in [0.4, 0.5) is 11.4 Å². The molecule has 2 saturated heterocycles. The Morgan fingerprint density at radius 2 is 1.81 bits per heavy atom. The Morgan fingerprint density at radius 3 is 2.44 bits per heavy atom. The van der Waals surface area contributed by atoms with E-state index < -0.39 is 14.9 Å². The summed E-state index contributed by atoms with van der Waals surface area (Å²) < 4.78 is 27.5. The Labute approximate surface area is 188 Å².